The molecule has 1 aromatic heterocycles. The summed E-state index contributed by atoms with van der Waals surface area (Å²) in [7, 11) is 0. The fraction of sp³-hybridized carbons (Fsp3) is 0.444. The lowest BCUT2D eigenvalue weighted by atomic mass is 10.0. The number of hydrazine groups is 1. The summed E-state index contributed by atoms with van der Waals surface area (Å²) in [5.74, 6) is 3.83. The highest BCUT2D eigenvalue weighted by Crippen LogP contribution is 2.48. The molecule has 1 aliphatic carbocycles. The third kappa shape index (κ3) is 2.31. The van der Waals surface area contributed by atoms with Gasteiger partial charge in [0.1, 0.15) is 23.5 Å². The van der Waals surface area contributed by atoms with Gasteiger partial charge < -0.3 is 30.1 Å². The maximum Gasteiger partial charge on any atom is 0.341 e. The number of hydrogen-bond acceptors (Lipinski definition) is 7. The monoisotopic (exact) mass is 389 g/mol. The summed E-state index contributed by atoms with van der Waals surface area (Å²) >= 11 is 0. The van der Waals surface area contributed by atoms with Crippen molar-refractivity contribution < 1.29 is 19.0 Å². The molecule has 10 heteroatoms. The van der Waals surface area contributed by atoms with Crippen molar-refractivity contribution in [1.82, 2.24) is 9.88 Å². The molecule has 0 radical (unpaired) electrons. The average molecular weight is 389 g/mol. The van der Waals surface area contributed by atoms with Crippen molar-refractivity contribution in [3.8, 4) is 5.75 Å². The van der Waals surface area contributed by atoms with E-state index in [-0.39, 0.29) is 34.6 Å². The zero-order valence-electron chi connectivity index (χ0n) is 15.0. The van der Waals surface area contributed by atoms with Crippen LogP contribution in [0.15, 0.2) is 11.0 Å². The van der Waals surface area contributed by atoms with Gasteiger partial charge in [0.05, 0.1) is 16.9 Å². The smallest absolute Gasteiger partial charge is 0.341 e. The van der Waals surface area contributed by atoms with E-state index in [4.69, 9.17) is 10.6 Å². The Bertz CT molecular complexity index is 1060. The number of aromatic carboxylic acids is 1. The van der Waals surface area contributed by atoms with Crippen molar-refractivity contribution >= 4 is 28.2 Å². The normalized spacial score (nSPS) is 21.1. The Balaban J connectivity index is 1.91. The number of aromatic nitrogens is 1. The first kappa shape index (κ1) is 17.3. The van der Waals surface area contributed by atoms with Gasteiger partial charge in [0.15, 0.2) is 11.6 Å². The predicted octanol–water partition coefficient (Wildman–Crippen LogP) is 0.630. The summed E-state index contributed by atoms with van der Waals surface area (Å²) in [6, 6.07) is 0.0175. The van der Waals surface area contributed by atoms with Gasteiger partial charge in [-0.25, -0.2) is 9.18 Å². The minimum absolute atomic E-state index is 0.0294. The predicted molar refractivity (Wildman–Crippen MR) is 101 cm³/mol. The summed E-state index contributed by atoms with van der Waals surface area (Å²) in [5, 5.41) is 12.7. The van der Waals surface area contributed by atoms with E-state index in [2.05, 4.69) is 10.7 Å². The van der Waals surface area contributed by atoms with E-state index in [1.807, 2.05) is 4.90 Å². The Morgan fingerprint density at radius 1 is 1.39 bits per heavy atom. The second-order valence-corrected chi connectivity index (χ2v) is 7.41. The van der Waals surface area contributed by atoms with E-state index in [1.165, 1.54) is 6.20 Å². The van der Waals surface area contributed by atoms with Crippen LogP contribution in [0.4, 0.5) is 15.8 Å². The van der Waals surface area contributed by atoms with Crippen molar-refractivity contribution in [2.75, 3.05) is 36.6 Å². The maximum atomic E-state index is 15.5. The Hall–Kier alpha value is -2.85. The molecule has 3 heterocycles. The molecule has 1 saturated heterocycles. The van der Waals surface area contributed by atoms with E-state index in [0.717, 1.165) is 12.8 Å². The SMILES string of the molecule is NNc1c(F)c2c(c3c1c(=O)c(C(=O)O)cn3C1CC1)OCC1CNCCN21. The summed E-state index contributed by atoms with van der Waals surface area (Å²) in [5.41, 5.74) is 1.59. The van der Waals surface area contributed by atoms with Gasteiger partial charge in [-0.3, -0.25) is 10.6 Å². The van der Waals surface area contributed by atoms with Crippen LogP contribution in [0.1, 0.15) is 29.2 Å². The third-order valence-corrected chi connectivity index (χ3v) is 5.71. The molecule has 1 aromatic carbocycles. The van der Waals surface area contributed by atoms with E-state index >= 15 is 4.39 Å². The summed E-state index contributed by atoms with van der Waals surface area (Å²) < 4.78 is 23.2. The molecule has 2 aromatic rings. The van der Waals surface area contributed by atoms with Crippen molar-refractivity contribution in [3.05, 3.63) is 27.8 Å². The zero-order chi connectivity index (χ0) is 19.6. The number of benzene rings is 1. The number of rotatable bonds is 3. The van der Waals surface area contributed by atoms with Gasteiger partial charge in [0.2, 0.25) is 5.43 Å². The highest BCUT2D eigenvalue weighted by Gasteiger charge is 2.38. The van der Waals surface area contributed by atoms with Crippen molar-refractivity contribution in [2.45, 2.75) is 24.9 Å². The van der Waals surface area contributed by atoms with Crippen molar-refractivity contribution in [2.24, 2.45) is 5.84 Å². The number of fused-ring (bicyclic) bond motifs is 5. The zero-order valence-corrected chi connectivity index (χ0v) is 15.0. The minimum Gasteiger partial charge on any atom is -0.487 e. The Kier molecular flexibility index (Phi) is 3.75. The van der Waals surface area contributed by atoms with Gasteiger partial charge >= 0.3 is 5.97 Å². The molecule has 1 saturated carbocycles. The van der Waals surface area contributed by atoms with Crippen LogP contribution in [0.25, 0.3) is 10.9 Å². The van der Waals surface area contributed by atoms with Crippen LogP contribution in [-0.2, 0) is 0 Å². The molecule has 148 valence electrons. The number of nitrogens with two attached hydrogens (primary N) is 1. The van der Waals surface area contributed by atoms with Crippen LogP contribution in [0, 0.1) is 5.82 Å². The van der Waals surface area contributed by atoms with Crippen LogP contribution >= 0.6 is 0 Å². The highest BCUT2D eigenvalue weighted by atomic mass is 19.1. The van der Waals surface area contributed by atoms with Gasteiger partial charge in [-0.05, 0) is 12.8 Å². The second kappa shape index (κ2) is 6.08. The van der Waals surface area contributed by atoms with Gasteiger partial charge in [0, 0.05) is 31.9 Å². The van der Waals surface area contributed by atoms with Gasteiger partial charge in [-0.1, -0.05) is 0 Å². The first-order valence-corrected chi connectivity index (χ1v) is 9.27. The number of nitrogen functional groups attached to an aromatic ring is 1. The van der Waals surface area contributed by atoms with Gasteiger partial charge in [-0.15, -0.1) is 0 Å². The third-order valence-electron chi connectivity index (χ3n) is 5.71. The number of nitrogens with one attached hydrogen (secondary N) is 2. The first-order valence-electron chi connectivity index (χ1n) is 9.27. The molecule has 0 bridgehead atoms. The standard InChI is InChI=1S/C18H20FN5O4/c19-12-13(22-20)11-14(17-15(12)23-4-3-21-5-9(23)7-28-17)24(8-1-2-8)6-10(16(11)25)18(26)27/h6,8-9,21-22H,1-5,7,20H2,(H,26,27). The molecule has 2 aliphatic heterocycles. The van der Waals surface area contributed by atoms with Gasteiger partial charge in [-0.2, -0.15) is 0 Å². The van der Waals surface area contributed by atoms with E-state index < -0.39 is 22.8 Å². The van der Waals surface area contributed by atoms with Gasteiger partial charge in [0.25, 0.3) is 0 Å². The molecular weight excluding hydrogens is 369 g/mol. The number of carboxylic acids is 1. The van der Waals surface area contributed by atoms with Crippen LogP contribution in [0.2, 0.25) is 0 Å². The summed E-state index contributed by atoms with van der Waals surface area (Å²) in [6.07, 6.45) is 3.05. The minimum atomic E-state index is -1.36. The summed E-state index contributed by atoms with van der Waals surface area (Å²) in [6.45, 7) is 2.31. The molecule has 9 nitrogen and oxygen atoms in total. The number of carbonyl (C=O) groups is 1. The lowest BCUT2D eigenvalue weighted by molar-refractivity contribution is 0.0695. The van der Waals surface area contributed by atoms with Crippen LogP contribution in [0.5, 0.6) is 5.75 Å². The largest absolute Gasteiger partial charge is 0.487 e. The molecule has 0 amide bonds. The lowest BCUT2D eigenvalue weighted by Gasteiger charge is -2.42. The number of nitrogens with zero attached hydrogens (tertiary/aromatic N) is 2. The topological polar surface area (TPSA) is 122 Å². The quantitative estimate of drug-likeness (QED) is 0.446. The second-order valence-electron chi connectivity index (χ2n) is 7.41. The Morgan fingerprint density at radius 3 is 2.86 bits per heavy atom. The van der Waals surface area contributed by atoms with E-state index in [0.29, 0.717) is 31.8 Å². The number of carboxylic acid groups (broad SMARTS) is 1. The molecule has 0 spiro atoms. The number of anilines is 2. The first-order chi connectivity index (χ1) is 13.5. The van der Waals surface area contributed by atoms with Crippen molar-refractivity contribution in [3.63, 3.8) is 0 Å². The van der Waals surface area contributed by atoms with Crippen molar-refractivity contribution in [1.29, 1.82) is 0 Å². The average Bonchev–Trinajstić information content (AvgIpc) is 3.53. The van der Waals surface area contributed by atoms with E-state index in [1.54, 1.807) is 4.57 Å². The molecule has 5 rings (SSSR count). The molecular formula is C18H20FN5O4. The molecule has 1 unspecified atom stereocenters. The van der Waals surface area contributed by atoms with Crippen LogP contribution in [-0.4, -0.2) is 47.9 Å². The lowest BCUT2D eigenvalue weighted by Crippen LogP contribution is -2.56. The molecule has 2 fully saturated rings. The number of piperazine rings is 1. The number of hydrogen-bond donors (Lipinski definition) is 4. The number of halogens is 1. The highest BCUT2D eigenvalue weighted by molar-refractivity contribution is 6.04. The fourth-order valence-electron chi connectivity index (χ4n) is 4.24. The Labute approximate surface area is 158 Å². The molecule has 3 aliphatic rings. The maximum absolute atomic E-state index is 15.5. The number of pyridine rings is 1. The Morgan fingerprint density at radius 2 is 2.18 bits per heavy atom. The fourth-order valence-corrected chi connectivity index (χ4v) is 4.24. The van der Waals surface area contributed by atoms with E-state index in [9.17, 15) is 14.7 Å². The molecule has 28 heavy (non-hydrogen) atoms. The number of ether oxygens (including phenoxy) is 1. The summed E-state index contributed by atoms with van der Waals surface area (Å²) in [4.78, 5) is 26.5. The molecule has 5 N–H and O–H groups in total. The van der Waals surface area contributed by atoms with Crippen LogP contribution in [0.3, 0.4) is 0 Å². The van der Waals surface area contributed by atoms with Crippen LogP contribution < -0.4 is 31.7 Å². The molecule has 1 atom stereocenters.